The Morgan fingerprint density at radius 3 is 2.96 bits per heavy atom. The van der Waals surface area contributed by atoms with E-state index in [1.807, 2.05) is 32.2 Å². The summed E-state index contributed by atoms with van der Waals surface area (Å²) in [6.07, 6.45) is 3.17. The van der Waals surface area contributed by atoms with Crippen LogP contribution in [0.2, 0.25) is 0 Å². The summed E-state index contributed by atoms with van der Waals surface area (Å²) in [4.78, 5) is 8.95. The molecule has 2 aromatic rings. The first-order valence-corrected chi connectivity index (χ1v) is 8.89. The van der Waals surface area contributed by atoms with Gasteiger partial charge in [-0.05, 0) is 37.1 Å². The largest absolute Gasteiger partial charge is 0.387 e. The van der Waals surface area contributed by atoms with E-state index in [0.29, 0.717) is 17.2 Å². The van der Waals surface area contributed by atoms with Gasteiger partial charge < -0.3 is 11.1 Å². The van der Waals surface area contributed by atoms with Gasteiger partial charge in [0.05, 0.1) is 16.9 Å². The number of benzene rings is 1. The second kappa shape index (κ2) is 6.81. The molecule has 1 aromatic heterocycles. The van der Waals surface area contributed by atoms with Crippen LogP contribution in [0.25, 0.3) is 0 Å². The van der Waals surface area contributed by atoms with Crippen molar-refractivity contribution >= 4 is 22.6 Å². The quantitative estimate of drug-likeness (QED) is 0.891. The van der Waals surface area contributed by atoms with E-state index < -0.39 is 5.54 Å². The molecule has 1 aromatic carbocycles. The minimum absolute atomic E-state index is 0.237. The summed E-state index contributed by atoms with van der Waals surface area (Å²) in [5.41, 5.74) is 8.79. The van der Waals surface area contributed by atoms with Crippen LogP contribution in [0.4, 0.5) is 10.1 Å². The summed E-state index contributed by atoms with van der Waals surface area (Å²) in [6, 6.07) is 9.10. The van der Waals surface area contributed by atoms with Gasteiger partial charge in [-0.3, -0.25) is 9.98 Å². The average molecular weight is 344 g/mol. The Balaban J connectivity index is 1.96. The molecule has 0 saturated heterocycles. The normalized spacial score (nSPS) is 20.5. The van der Waals surface area contributed by atoms with Crippen molar-refractivity contribution in [1.82, 2.24) is 4.98 Å². The molecule has 2 heterocycles. The maximum Gasteiger partial charge on any atom is 0.154 e. The number of halogens is 1. The Morgan fingerprint density at radius 2 is 2.21 bits per heavy atom. The molecule has 3 rings (SSSR count). The number of pyridine rings is 1. The highest BCUT2D eigenvalue weighted by Crippen LogP contribution is 2.37. The first-order chi connectivity index (χ1) is 11.5. The highest BCUT2D eigenvalue weighted by Gasteiger charge is 2.32. The number of nitrogens with zero attached hydrogens (tertiary/aromatic N) is 2. The predicted molar refractivity (Wildman–Crippen MR) is 99.0 cm³/mol. The Hall–Kier alpha value is -2.08. The lowest BCUT2D eigenvalue weighted by molar-refractivity contribution is 0.449. The van der Waals surface area contributed by atoms with Crippen LogP contribution in [0.3, 0.4) is 0 Å². The molecule has 0 amide bonds. The van der Waals surface area contributed by atoms with Crippen LogP contribution >= 0.6 is 11.8 Å². The zero-order chi connectivity index (χ0) is 17.2. The number of aromatic nitrogens is 1. The summed E-state index contributed by atoms with van der Waals surface area (Å²) in [5.74, 6) is 0.610. The molecule has 3 N–H and O–H groups in total. The number of aliphatic imine (C=N–C) groups is 1. The van der Waals surface area contributed by atoms with Crippen LogP contribution < -0.4 is 11.1 Å². The molecule has 1 aliphatic heterocycles. The maximum atomic E-state index is 14.5. The SMILES string of the molecule is CNc1cccnc1Cc1ccc(F)c([C@]2(C)CCSC(N)=N2)c1. The number of rotatable bonds is 4. The maximum absolute atomic E-state index is 14.5. The summed E-state index contributed by atoms with van der Waals surface area (Å²) in [5, 5.41) is 3.66. The van der Waals surface area contributed by atoms with Crippen LogP contribution in [-0.4, -0.2) is 23.0 Å². The first-order valence-electron chi connectivity index (χ1n) is 7.90. The number of nitrogens with one attached hydrogen (secondary N) is 1. The second-order valence-corrected chi connectivity index (χ2v) is 7.18. The third-order valence-corrected chi connectivity index (χ3v) is 5.13. The van der Waals surface area contributed by atoms with Crippen molar-refractivity contribution in [3.63, 3.8) is 0 Å². The highest BCUT2D eigenvalue weighted by molar-refractivity contribution is 8.13. The lowest BCUT2D eigenvalue weighted by Gasteiger charge is -2.30. The number of nitrogens with two attached hydrogens (primary N) is 1. The Bertz CT molecular complexity index is 777. The number of thioether (sulfide) groups is 1. The number of hydrogen-bond acceptors (Lipinski definition) is 5. The van der Waals surface area contributed by atoms with Gasteiger partial charge in [-0.1, -0.05) is 23.9 Å². The van der Waals surface area contributed by atoms with E-state index in [1.54, 1.807) is 12.3 Å². The fourth-order valence-corrected chi connectivity index (χ4v) is 3.95. The molecule has 0 unspecified atom stereocenters. The number of hydrogen-bond donors (Lipinski definition) is 2. The standard InChI is InChI=1S/C18H21FN4S/c1-18(7-9-24-17(20)23-18)13-10-12(5-6-14(13)19)11-16-15(21-2)4-3-8-22-16/h3-6,8,10,21H,7,9,11H2,1-2H3,(H2,20,23)/t18-/m0/s1. The van der Waals surface area contributed by atoms with Gasteiger partial charge in [0, 0.05) is 31.0 Å². The summed E-state index contributed by atoms with van der Waals surface area (Å²) >= 11 is 1.52. The van der Waals surface area contributed by atoms with Crippen LogP contribution in [0.15, 0.2) is 41.5 Å². The smallest absolute Gasteiger partial charge is 0.154 e. The van der Waals surface area contributed by atoms with Crippen LogP contribution in [0.1, 0.15) is 30.2 Å². The molecule has 0 bridgehead atoms. The van der Waals surface area contributed by atoms with Crippen molar-refractivity contribution in [1.29, 1.82) is 0 Å². The second-order valence-electron chi connectivity index (χ2n) is 6.06. The van der Waals surface area contributed by atoms with Gasteiger partial charge in [0.1, 0.15) is 5.82 Å². The van der Waals surface area contributed by atoms with E-state index in [4.69, 9.17) is 5.73 Å². The zero-order valence-electron chi connectivity index (χ0n) is 13.8. The molecule has 24 heavy (non-hydrogen) atoms. The van der Waals surface area contributed by atoms with Crippen molar-refractivity contribution in [2.45, 2.75) is 25.3 Å². The van der Waals surface area contributed by atoms with Gasteiger partial charge in [0.2, 0.25) is 0 Å². The first kappa shape index (κ1) is 16.8. The minimum atomic E-state index is -0.606. The molecule has 1 aliphatic rings. The monoisotopic (exact) mass is 344 g/mol. The molecule has 6 heteroatoms. The van der Waals surface area contributed by atoms with Crippen LogP contribution in [0, 0.1) is 5.82 Å². The Labute approximate surface area is 145 Å². The predicted octanol–water partition coefficient (Wildman–Crippen LogP) is 3.52. The molecular weight excluding hydrogens is 323 g/mol. The van der Waals surface area contributed by atoms with Gasteiger partial charge in [0.25, 0.3) is 0 Å². The van der Waals surface area contributed by atoms with Crippen molar-refractivity contribution < 1.29 is 4.39 Å². The van der Waals surface area contributed by atoms with Gasteiger partial charge in [0.15, 0.2) is 5.17 Å². The van der Waals surface area contributed by atoms with Gasteiger partial charge in [-0.2, -0.15) is 0 Å². The van der Waals surface area contributed by atoms with Crippen molar-refractivity contribution in [2.75, 3.05) is 18.1 Å². The highest BCUT2D eigenvalue weighted by atomic mass is 32.2. The molecule has 0 spiro atoms. The van der Waals surface area contributed by atoms with E-state index >= 15 is 0 Å². The molecule has 0 aliphatic carbocycles. The van der Waals surface area contributed by atoms with Crippen molar-refractivity contribution in [2.24, 2.45) is 10.7 Å². The van der Waals surface area contributed by atoms with E-state index in [1.165, 1.54) is 17.8 Å². The Morgan fingerprint density at radius 1 is 1.38 bits per heavy atom. The fraction of sp³-hybridized carbons (Fsp3) is 0.333. The number of amidine groups is 1. The molecule has 0 fully saturated rings. The third kappa shape index (κ3) is 3.38. The molecule has 4 nitrogen and oxygen atoms in total. The zero-order valence-corrected chi connectivity index (χ0v) is 14.7. The summed E-state index contributed by atoms with van der Waals surface area (Å²) < 4.78 is 14.5. The number of anilines is 1. The molecule has 0 saturated carbocycles. The molecule has 0 radical (unpaired) electrons. The van der Waals surface area contributed by atoms with Gasteiger partial charge in [-0.25, -0.2) is 4.39 Å². The van der Waals surface area contributed by atoms with Crippen LogP contribution in [0.5, 0.6) is 0 Å². The fourth-order valence-electron chi connectivity index (χ4n) is 2.98. The summed E-state index contributed by atoms with van der Waals surface area (Å²) in [6.45, 7) is 1.95. The van der Waals surface area contributed by atoms with E-state index in [9.17, 15) is 4.39 Å². The van der Waals surface area contributed by atoms with Crippen molar-refractivity contribution in [3.8, 4) is 0 Å². The van der Waals surface area contributed by atoms with E-state index in [0.717, 1.165) is 29.1 Å². The van der Waals surface area contributed by atoms with Gasteiger partial charge in [-0.15, -0.1) is 0 Å². The lowest BCUT2D eigenvalue weighted by atomic mass is 9.87. The topological polar surface area (TPSA) is 63.3 Å². The summed E-state index contributed by atoms with van der Waals surface area (Å²) in [7, 11) is 1.87. The minimum Gasteiger partial charge on any atom is -0.387 e. The lowest BCUT2D eigenvalue weighted by Crippen LogP contribution is -2.29. The van der Waals surface area contributed by atoms with E-state index in [2.05, 4.69) is 15.3 Å². The third-order valence-electron chi connectivity index (χ3n) is 4.34. The van der Waals surface area contributed by atoms with E-state index in [-0.39, 0.29) is 5.82 Å². The van der Waals surface area contributed by atoms with Crippen molar-refractivity contribution in [3.05, 3.63) is 59.2 Å². The molecule has 126 valence electrons. The average Bonchev–Trinajstić information content (AvgIpc) is 2.57. The van der Waals surface area contributed by atoms with Gasteiger partial charge >= 0.3 is 0 Å². The van der Waals surface area contributed by atoms with Crippen LogP contribution in [-0.2, 0) is 12.0 Å². The molecule has 1 atom stereocenters. The Kier molecular flexibility index (Phi) is 4.76. The molecular formula is C18H21FN4S.